The molecule has 3 atom stereocenters. The molecule has 0 spiro atoms. The van der Waals surface area contributed by atoms with E-state index in [0.717, 1.165) is 17.7 Å². The third-order valence-electron chi connectivity index (χ3n) is 3.69. The van der Waals surface area contributed by atoms with Crippen molar-refractivity contribution in [3.05, 3.63) is 35.9 Å². The van der Waals surface area contributed by atoms with E-state index in [-0.39, 0.29) is 18.1 Å². The normalized spacial score (nSPS) is 23.9. The lowest BCUT2D eigenvalue weighted by atomic mass is 10.1. The number of rotatable bonds is 5. The Morgan fingerprint density at radius 3 is 2.81 bits per heavy atom. The predicted octanol–water partition coefficient (Wildman–Crippen LogP) is 2.06. The second kappa shape index (κ2) is 7.82. The molecule has 1 aliphatic heterocycles. The molecule has 5 heteroatoms. The second-order valence-electron chi connectivity index (χ2n) is 5.48. The van der Waals surface area contributed by atoms with Gasteiger partial charge in [-0.2, -0.15) is 11.8 Å². The van der Waals surface area contributed by atoms with Crippen molar-refractivity contribution in [1.82, 2.24) is 4.90 Å². The van der Waals surface area contributed by atoms with Gasteiger partial charge in [0.05, 0.1) is 18.7 Å². The molecule has 2 rings (SSSR count). The Kier molecular flexibility index (Phi) is 6.08. The van der Waals surface area contributed by atoms with Crippen LogP contribution in [0.25, 0.3) is 0 Å². The van der Waals surface area contributed by atoms with Crippen LogP contribution >= 0.6 is 11.8 Å². The number of hydrogen-bond acceptors (Lipinski definition) is 4. The van der Waals surface area contributed by atoms with Gasteiger partial charge in [0.25, 0.3) is 0 Å². The zero-order valence-corrected chi connectivity index (χ0v) is 13.5. The Balaban J connectivity index is 2.02. The lowest BCUT2D eigenvalue weighted by molar-refractivity contribution is -0.146. The van der Waals surface area contributed by atoms with Gasteiger partial charge in [-0.15, -0.1) is 0 Å². The average Bonchev–Trinajstić information content (AvgIpc) is 2.52. The SMILES string of the molecule is CSCC[C@H](N)C(=O)N1CC(C)OC(c2ccccc2)C1. The quantitative estimate of drug-likeness (QED) is 0.904. The van der Waals surface area contributed by atoms with Crippen molar-refractivity contribution >= 4 is 17.7 Å². The molecule has 2 N–H and O–H groups in total. The summed E-state index contributed by atoms with van der Waals surface area (Å²) in [6.07, 6.45) is 2.72. The summed E-state index contributed by atoms with van der Waals surface area (Å²) in [6.45, 7) is 3.21. The van der Waals surface area contributed by atoms with Crippen LogP contribution in [0.15, 0.2) is 30.3 Å². The third kappa shape index (κ3) is 4.46. The molecule has 0 radical (unpaired) electrons. The Hall–Kier alpha value is -1.04. The first kappa shape index (κ1) is 16.3. The number of hydrogen-bond donors (Lipinski definition) is 1. The van der Waals surface area contributed by atoms with Gasteiger partial charge in [-0.25, -0.2) is 0 Å². The fourth-order valence-electron chi connectivity index (χ4n) is 2.59. The summed E-state index contributed by atoms with van der Waals surface area (Å²) in [4.78, 5) is 14.3. The standard InChI is InChI=1S/C16H24N2O2S/c1-12-10-18(16(19)14(17)8-9-21-2)11-15(20-12)13-6-4-3-5-7-13/h3-7,12,14-15H,8-11,17H2,1-2H3/t12?,14-,15?/m0/s1. The maximum Gasteiger partial charge on any atom is 0.239 e. The first-order valence-corrected chi connectivity index (χ1v) is 8.75. The Bertz CT molecular complexity index is 455. The topological polar surface area (TPSA) is 55.6 Å². The van der Waals surface area contributed by atoms with Crippen LogP contribution in [0.1, 0.15) is 25.0 Å². The van der Waals surface area contributed by atoms with Gasteiger partial charge >= 0.3 is 0 Å². The zero-order valence-electron chi connectivity index (χ0n) is 12.7. The summed E-state index contributed by atoms with van der Waals surface area (Å²) in [5, 5.41) is 0. The van der Waals surface area contributed by atoms with Gasteiger partial charge in [-0.3, -0.25) is 4.79 Å². The van der Waals surface area contributed by atoms with Gasteiger partial charge in [0.1, 0.15) is 6.10 Å². The largest absolute Gasteiger partial charge is 0.367 e. The van der Waals surface area contributed by atoms with Crippen LogP contribution in [-0.4, -0.2) is 48.1 Å². The van der Waals surface area contributed by atoms with Crippen LogP contribution in [0.3, 0.4) is 0 Å². The molecule has 0 saturated carbocycles. The highest BCUT2D eigenvalue weighted by atomic mass is 32.2. The molecule has 21 heavy (non-hydrogen) atoms. The Labute approximate surface area is 131 Å². The van der Waals surface area contributed by atoms with Gasteiger partial charge in [0.2, 0.25) is 5.91 Å². The number of carbonyl (C=O) groups is 1. The van der Waals surface area contributed by atoms with Crippen LogP contribution < -0.4 is 5.73 Å². The number of carbonyl (C=O) groups excluding carboxylic acids is 1. The third-order valence-corrected chi connectivity index (χ3v) is 4.34. The Morgan fingerprint density at radius 2 is 2.14 bits per heavy atom. The molecule has 1 heterocycles. The summed E-state index contributed by atoms with van der Waals surface area (Å²) in [5.41, 5.74) is 7.13. The van der Waals surface area contributed by atoms with E-state index in [1.54, 1.807) is 11.8 Å². The van der Waals surface area contributed by atoms with Gasteiger partial charge in [-0.05, 0) is 30.9 Å². The molecular weight excluding hydrogens is 284 g/mol. The molecule has 2 unspecified atom stereocenters. The number of nitrogens with two attached hydrogens (primary N) is 1. The van der Waals surface area contributed by atoms with Crippen molar-refractivity contribution in [2.45, 2.75) is 31.6 Å². The van der Waals surface area contributed by atoms with Crippen LogP contribution in [0.5, 0.6) is 0 Å². The van der Waals surface area contributed by atoms with E-state index in [0.29, 0.717) is 13.1 Å². The van der Waals surface area contributed by atoms with Crippen molar-refractivity contribution in [1.29, 1.82) is 0 Å². The Morgan fingerprint density at radius 1 is 1.43 bits per heavy atom. The minimum absolute atomic E-state index is 0.0284. The van der Waals surface area contributed by atoms with Gasteiger partial charge < -0.3 is 15.4 Å². The van der Waals surface area contributed by atoms with Crippen LogP contribution in [0.2, 0.25) is 0 Å². The molecular formula is C16H24N2O2S. The number of thioether (sulfide) groups is 1. The first-order valence-electron chi connectivity index (χ1n) is 7.35. The highest BCUT2D eigenvalue weighted by molar-refractivity contribution is 7.98. The molecule has 4 nitrogen and oxygen atoms in total. The van der Waals surface area contributed by atoms with Crippen molar-refractivity contribution in [3.63, 3.8) is 0 Å². The lowest BCUT2D eigenvalue weighted by Crippen LogP contribution is -2.51. The molecule has 1 aromatic rings. The number of nitrogens with zero attached hydrogens (tertiary/aromatic N) is 1. The lowest BCUT2D eigenvalue weighted by Gasteiger charge is -2.38. The van der Waals surface area contributed by atoms with Crippen LogP contribution in [-0.2, 0) is 9.53 Å². The first-order chi connectivity index (χ1) is 10.1. The average molecular weight is 308 g/mol. The summed E-state index contributed by atoms with van der Waals surface area (Å²) >= 11 is 1.72. The highest BCUT2D eigenvalue weighted by Crippen LogP contribution is 2.25. The fraction of sp³-hybridized carbons (Fsp3) is 0.562. The fourth-order valence-corrected chi connectivity index (χ4v) is 3.08. The minimum Gasteiger partial charge on any atom is -0.367 e. The molecule has 1 saturated heterocycles. The molecule has 0 bridgehead atoms. The van der Waals surface area contributed by atoms with Gasteiger partial charge in [-0.1, -0.05) is 30.3 Å². The molecule has 0 aromatic heterocycles. The van der Waals surface area contributed by atoms with Crippen molar-refractivity contribution in [2.24, 2.45) is 5.73 Å². The van der Waals surface area contributed by atoms with Crippen molar-refractivity contribution < 1.29 is 9.53 Å². The molecule has 0 aliphatic carbocycles. The van der Waals surface area contributed by atoms with E-state index < -0.39 is 6.04 Å². The van der Waals surface area contributed by atoms with Gasteiger partial charge in [0, 0.05) is 6.54 Å². The van der Waals surface area contributed by atoms with Crippen molar-refractivity contribution in [2.75, 3.05) is 25.1 Å². The van der Waals surface area contributed by atoms with E-state index in [2.05, 4.69) is 0 Å². The molecule has 1 amide bonds. The number of benzene rings is 1. The number of amides is 1. The number of morpholine rings is 1. The maximum absolute atomic E-state index is 12.5. The van der Waals surface area contributed by atoms with E-state index in [9.17, 15) is 4.79 Å². The van der Waals surface area contributed by atoms with Gasteiger partial charge in [0.15, 0.2) is 0 Å². The molecule has 116 valence electrons. The van der Waals surface area contributed by atoms with E-state index in [1.165, 1.54) is 0 Å². The predicted molar refractivity (Wildman–Crippen MR) is 87.3 cm³/mol. The summed E-state index contributed by atoms with van der Waals surface area (Å²) in [6, 6.07) is 9.65. The molecule has 1 aromatic carbocycles. The van der Waals surface area contributed by atoms with E-state index in [4.69, 9.17) is 10.5 Å². The number of ether oxygens (including phenoxy) is 1. The molecule has 1 aliphatic rings. The van der Waals surface area contributed by atoms with Crippen LogP contribution in [0, 0.1) is 0 Å². The molecule has 1 fully saturated rings. The van der Waals surface area contributed by atoms with E-state index in [1.807, 2.05) is 48.4 Å². The summed E-state index contributed by atoms with van der Waals surface area (Å²) in [5.74, 6) is 0.953. The monoisotopic (exact) mass is 308 g/mol. The zero-order chi connectivity index (χ0) is 15.2. The van der Waals surface area contributed by atoms with Crippen molar-refractivity contribution in [3.8, 4) is 0 Å². The van der Waals surface area contributed by atoms with Crippen LogP contribution in [0.4, 0.5) is 0 Å². The maximum atomic E-state index is 12.5. The smallest absolute Gasteiger partial charge is 0.239 e. The minimum atomic E-state index is -0.404. The highest BCUT2D eigenvalue weighted by Gasteiger charge is 2.31. The van der Waals surface area contributed by atoms with E-state index >= 15 is 0 Å². The second-order valence-corrected chi connectivity index (χ2v) is 6.46. The summed E-state index contributed by atoms with van der Waals surface area (Å²) < 4.78 is 5.97. The summed E-state index contributed by atoms with van der Waals surface area (Å²) in [7, 11) is 0.